The number of unbranched alkanes of at least 4 members (excludes halogenated alkanes) is 2. The number of nitrogens with zero attached hydrogens (tertiary/aromatic N) is 1. The van der Waals surface area contributed by atoms with Crippen LogP contribution in [-0.2, 0) is 4.79 Å². The number of rotatable bonds is 7. The fraction of sp³-hybridized carbons (Fsp3) is 0.636. The minimum atomic E-state index is -1.07. The van der Waals surface area contributed by atoms with E-state index in [0.29, 0.717) is 6.54 Å². The van der Waals surface area contributed by atoms with Gasteiger partial charge in [-0.1, -0.05) is 25.7 Å². The first-order valence-electron chi connectivity index (χ1n) is 5.29. The van der Waals surface area contributed by atoms with Crippen LogP contribution in [0.2, 0.25) is 0 Å². The summed E-state index contributed by atoms with van der Waals surface area (Å²) < 4.78 is 0. The van der Waals surface area contributed by atoms with Gasteiger partial charge in [0.2, 0.25) is 0 Å². The van der Waals surface area contributed by atoms with E-state index in [0.717, 1.165) is 24.2 Å². The van der Waals surface area contributed by atoms with Gasteiger partial charge in [0, 0.05) is 6.54 Å². The van der Waals surface area contributed by atoms with E-state index in [1.165, 1.54) is 0 Å². The van der Waals surface area contributed by atoms with Crippen molar-refractivity contribution in [1.82, 2.24) is 10.2 Å². The van der Waals surface area contributed by atoms with Crippen LogP contribution in [0.1, 0.15) is 26.2 Å². The van der Waals surface area contributed by atoms with Crippen LogP contribution in [0.25, 0.3) is 0 Å². The molecule has 2 N–H and O–H groups in total. The molecule has 0 unspecified atom stereocenters. The van der Waals surface area contributed by atoms with Crippen LogP contribution in [0.3, 0.4) is 0 Å². The minimum Gasteiger partial charge on any atom is -0.480 e. The van der Waals surface area contributed by atoms with Crippen molar-refractivity contribution in [3.8, 4) is 12.3 Å². The summed E-state index contributed by atoms with van der Waals surface area (Å²) in [7, 11) is 0. The predicted molar refractivity (Wildman–Crippen MR) is 61.0 cm³/mol. The molecule has 90 valence electrons. The van der Waals surface area contributed by atoms with Gasteiger partial charge in [0.05, 0.1) is 6.54 Å². The fourth-order valence-corrected chi connectivity index (χ4v) is 1.16. The third-order valence-corrected chi connectivity index (χ3v) is 1.95. The second-order valence-corrected chi connectivity index (χ2v) is 3.39. The van der Waals surface area contributed by atoms with E-state index in [9.17, 15) is 9.59 Å². The molecule has 0 heterocycles. The Labute approximate surface area is 95.8 Å². The Kier molecular flexibility index (Phi) is 7.68. The maximum absolute atomic E-state index is 11.5. The van der Waals surface area contributed by atoms with Gasteiger partial charge in [0.1, 0.15) is 6.54 Å². The van der Waals surface area contributed by atoms with E-state index in [1.807, 2.05) is 0 Å². The number of hydrogen-bond donors (Lipinski definition) is 2. The summed E-state index contributed by atoms with van der Waals surface area (Å²) in [5.41, 5.74) is 0. The van der Waals surface area contributed by atoms with Crippen LogP contribution in [0.15, 0.2) is 0 Å². The van der Waals surface area contributed by atoms with Crippen molar-refractivity contribution in [2.75, 3.05) is 19.6 Å². The lowest BCUT2D eigenvalue weighted by molar-refractivity contribution is -0.137. The van der Waals surface area contributed by atoms with E-state index in [4.69, 9.17) is 11.5 Å². The van der Waals surface area contributed by atoms with Crippen molar-refractivity contribution in [2.24, 2.45) is 0 Å². The highest BCUT2D eigenvalue weighted by molar-refractivity contribution is 5.80. The SMILES string of the molecule is C#CCN(CC(=O)O)C(=O)NCCCCC. The summed E-state index contributed by atoms with van der Waals surface area (Å²) in [5.74, 6) is 1.19. The molecule has 0 radical (unpaired) electrons. The highest BCUT2D eigenvalue weighted by Gasteiger charge is 2.14. The maximum Gasteiger partial charge on any atom is 0.323 e. The average molecular weight is 226 g/mol. The molecular weight excluding hydrogens is 208 g/mol. The van der Waals surface area contributed by atoms with E-state index in [-0.39, 0.29) is 13.1 Å². The molecule has 0 bridgehead atoms. The standard InChI is InChI=1S/C11H18N2O3/c1-3-5-6-7-12-11(16)13(8-4-2)9-10(14)15/h2H,3,5-9H2,1H3,(H,12,16)(H,14,15). The first kappa shape index (κ1) is 14.3. The molecule has 0 saturated heterocycles. The monoisotopic (exact) mass is 226 g/mol. The second kappa shape index (κ2) is 8.60. The molecule has 5 nitrogen and oxygen atoms in total. The molecule has 0 aromatic carbocycles. The number of aliphatic carboxylic acids is 1. The number of carbonyl (C=O) groups is 2. The number of nitrogens with one attached hydrogen (secondary N) is 1. The zero-order valence-corrected chi connectivity index (χ0v) is 9.53. The van der Waals surface area contributed by atoms with Crippen molar-refractivity contribution >= 4 is 12.0 Å². The number of terminal acetylenes is 1. The molecule has 0 spiro atoms. The van der Waals surface area contributed by atoms with Gasteiger partial charge in [0.15, 0.2) is 0 Å². The zero-order chi connectivity index (χ0) is 12.4. The van der Waals surface area contributed by atoms with Gasteiger partial charge in [-0.25, -0.2) is 4.79 Å². The topological polar surface area (TPSA) is 69.6 Å². The molecule has 0 aliphatic heterocycles. The maximum atomic E-state index is 11.5. The summed E-state index contributed by atoms with van der Waals surface area (Å²) in [6.07, 6.45) is 8.05. The quantitative estimate of drug-likeness (QED) is 0.500. The Bertz CT molecular complexity index is 271. The van der Waals surface area contributed by atoms with E-state index < -0.39 is 12.0 Å². The molecule has 5 heteroatoms. The number of carboxylic acids is 1. The zero-order valence-electron chi connectivity index (χ0n) is 9.53. The van der Waals surface area contributed by atoms with Crippen LogP contribution in [0.5, 0.6) is 0 Å². The molecule has 0 fully saturated rings. The highest BCUT2D eigenvalue weighted by Crippen LogP contribution is 1.93. The molecule has 0 aromatic rings. The molecule has 0 atom stereocenters. The Morgan fingerprint density at radius 2 is 2.12 bits per heavy atom. The average Bonchev–Trinajstić information content (AvgIpc) is 2.23. The number of carboxylic acid groups (broad SMARTS) is 1. The van der Waals surface area contributed by atoms with Crippen molar-refractivity contribution in [2.45, 2.75) is 26.2 Å². The van der Waals surface area contributed by atoms with Gasteiger partial charge < -0.3 is 15.3 Å². The van der Waals surface area contributed by atoms with Crippen molar-refractivity contribution in [3.05, 3.63) is 0 Å². The van der Waals surface area contributed by atoms with Gasteiger partial charge >= 0.3 is 12.0 Å². The van der Waals surface area contributed by atoms with Crippen molar-refractivity contribution in [3.63, 3.8) is 0 Å². The number of carbonyl (C=O) groups excluding carboxylic acids is 1. The van der Waals surface area contributed by atoms with E-state index in [2.05, 4.69) is 18.2 Å². The third kappa shape index (κ3) is 6.71. The molecule has 0 aliphatic carbocycles. The first-order valence-corrected chi connectivity index (χ1v) is 5.29. The molecule has 0 aliphatic rings. The van der Waals surface area contributed by atoms with Gasteiger partial charge in [-0.3, -0.25) is 4.79 Å². The molecular formula is C11H18N2O3. The Morgan fingerprint density at radius 3 is 2.62 bits per heavy atom. The second-order valence-electron chi connectivity index (χ2n) is 3.39. The lowest BCUT2D eigenvalue weighted by atomic mass is 10.2. The summed E-state index contributed by atoms with van der Waals surface area (Å²) in [6, 6.07) is -0.420. The lowest BCUT2D eigenvalue weighted by Crippen LogP contribution is -2.43. The normalized spacial score (nSPS) is 9.25. The van der Waals surface area contributed by atoms with E-state index >= 15 is 0 Å². The van der Waals surface area contributed by atoms with Crippen molar-refractivity contribution in [1.29, 1.82) is 0 Å². The Balaban J connectivity index is 3.97. The summed E-state index contributed by atoms with van der Waals surface area (Å²) in [4.78, 5) is 23.1. The number of hydrogen-bond acceptors (Lipinski definition) is 2. The fourth-order valence-electron chi connectivity index (χ4n) is 1.16. The number of urea groups is 1. The summed E-state index contributed by atoms with van der Waals surface area (Å²) in [5, 5.41) is 11.2. The van der Waals surface area contributed by atoms with Crippen LogP contribution in [-0.4, -0.2) is 41.6 Å². The van der Waals surface area contributed by atoms with Gasteiger partial charge in [-0.15, -0.1) is 6.42 Å². The minimum absolute atomic E-state index is 0.00586. The third-order valence-electron chi connectivity index (χ3n) is 1.95. The molecule has 0 saturated carbocycles. The molecule has 2 amide bonds. The predicted octanol–water partition coefficient (Wildman–Crippen LogP) is 0.906. The van der Waals surface area contributed by atoms with Crippen LogP contribution in [0, 0.1) is 12.3 Å². The van der Waals surface area contributed by atoms with Crippen LogP contribution in [0.4, 0.5) is 4.79 Å². The molecule has 0 aromatic heterocycles. The molecule has 0 rings (SSSR count). The van der Waals surface area contributed by atoms with E-state index in [1.54, 1.807) is 0 Å². The van der Waals surface area contributed by atoms with Crippen molar-refractivity contribution < 1.29 is 14.7 Å². The van der Waals surface area contributed by atoms with Crippen LogP contribution >= 0.6 is 0 Å². The number of amides is 2. The highest BCUT2D eigenvalue weighted by atomic mass is 16.4. The Hall–Kier alpha value is -1.70. The largest absolute Gasteiger partial charge is 0.480 e. The Morgan fingerprint density at radius 1 is 1.44 bits per heavy atom. The van der Waals surface area contributed by atoms with Crippen LogP contribution < -0.4 is 5.32 Å². The lowest BCUT2D eigenvalue weighted by Gasteiger charge is -2.18. The van der Waals surface area contributed by atoms with Gasteiger partial charge in [-0.05, 0) is 6.42 Å². The molecule has 16 heavy (non-hydrogen) atoms. The summed E-state index contributed by atoms with van der Waals surface area (Å²) in [6.45, 7) is 2.25. The first-order chi connectivity index (χ1) is 7.61. The smallest absolute Gasteiger partial charge is 0.323 e. The van der Waals surface area contributed by atoms with Gasteiger partial charge in [-0.2, -0.15) is 0 Å². The van der Waals surface area contributed by atoms with Gasteiger partial charge in [0.25, 0.3) is 0 Å². The summed E-state index contributed by atoms with van der Waals surface area (Å²) >= 11 is 0.